The van der Waals surface area contributed by atoms with Crippen molar-refractivity contribution in [3.05, 3.63) is 0 Å². The largest absolute Gasteiger partial charge is 4.00 e. The van der Waals surface area contributed by atoms with Crippen molar-refractivity contribution in [2.45, 2.75) is 0 Å². The van der Waals surface area contributed by atoms with Crippen molar-refractivity contribution in [1.29, 1.82) is 0 Å². The van der Waals surface area contributed by atoms with Gasteiger partial charge in [-0.05, 0) is 0 Å². The summed E-state index contributed by atoms with van der Waals surface area (Å²) >= 11 is 0. The molecule has 0 aromatic carbocycles. The monoisotopic (exact) mass is 692 g/mol. The first kappa shape index (κ1) is 50.3. The molecule has 0 saturated heterocycles. The molecule has 0 rings (SSSR count). The number of hydrogen-bond donors (Lipinski definition) is 0. The minimum Gasteiger partial charge on any atom is -0.822 e. The molecule has 0 heterocycles. The Morgan fingerprint density at radius 3 is 0.333 bits per heavy atom. The fourth-order valence-electron chi connectivity index (χ4n) is 0. The molecule has 0 radical (unpaired) electrons. The zero-order valence-electron chi connectivity index (χ0n) is 10.0. The molecule has 0 spiro atoms. The van der Waals surface area contributed by atoms with E-state index in [0.717, 1.165) is 0 Å². The van der Waals surface area contributed by atoms with Crippen molar-refractivity contribution in [2.24, 2.45) is 0 Å². The van der Waals surface area contributed by atoms with Crippen molar-refractivity contribution >= 4 is 31.3 Å². The van der Waals surface area contributed by atoms with Gasteiger partial charge in [-0.2, -0.15) is 31.3 Å². The van der Waals surface area contributed by atoms with Crippen molar-refractivity contribution in [3.63, 3.8) is 0 Å². The standard InChI is InChI=1S/3Mo.4H3O4P.H2O/c;;;4*1-5(2,3)4;/h;;;4*(H3,1,2,3,4);1H2/q3*+4;;;;;/p-12. The molecule has 0 amide bonds. The Morgan fingerprint density at radius 1 is 0.333 bits per heavy atom. The topological polar surface area (TPSA) is 376 Å². The van der Waals surface area contributed by atoms with Crippen LogP contribution in [0.4, 0.5) is 0 Å². The molecule has 0 atom stereocenters. The molecule has 2 N–H and O–H groups in total. The van der Waals surface area contributed by atoms with Crippen molar-refractivity contribution in [1.82, 2.24) is 0 Å². The van der Waals surface area contributed by atoms with Crippen LogP contribution in [-0.4, -0.2) is 5.48 Å². The van der Waals surface area contributed by atoms with Crippen LogP contribution in [0.1, 0.15) is 0 Å². The van der Waals surface area contributed by atoms with Gasteiger partial charge in [-0.3, -0.25) is 0 Å². The number of phosphoric acid groups is 4. The second kappa shape index (κ2) is 21.8. The quantitative estimate of drug-likeness (QED) is 0.169. The zero-order valence-corrected chi connectivity index (χ0v) is 19.6. The van der Waals surface area contributed by atoms with Crippen LogP contribution in [0.3, 0.4) is 0 Å². The first-order valence-electron chi connectivity index (χ1n) is 2.92. The van der Waals surface area contributed by atoms with Gasteiger partial charge in [0.15, 0.2) is 0 Å². The molecule has 0 saturated carbocycles. The molecule has 0 aliphatic carbocycles. The summed E-state index contributed by atoms with van der Waals surface area (Å²) < 4.78 is 34.2. The molecule has 0 aliphatic rings. The Balaban J connectivity index is -0.0000000225. The fraction of sp³-hybridized carbons (Fsp3) is 0. The average Bonchev–Trinajstić information content (AvgIpc) is 1.62. The predicted molar refractivity (Wildman–Crippen MR) is 34.0 cm³/mol. The van der Waals surface area contributed by atoms with Crippen LogP contribution in [0.25, 0.3) is 0 Å². The fourth-order valence-corrected chi connectivity index (χ4v) is 0. The molecule has 0 fully saturated rings. The normalized spacial score (nSPS) is 9.83. The Labute approximate surface area is 176 Å². The van der Waals surface area contributed by atoms with E-state index in [1.54, 1.807) is 0 Å². The van der Waals surface area contributed by atoms with E-state index in [1.165, 1.54) is 0 Å². The van der Waals surface area contributed by atoms with Gasteiger partial charge in [-0.25, -0.2) is 0 Å². The predicted octanol–water partition coefficient (Wildman–Crippen LogP) is -12.1. The van der Waals surface area contributed by atoms with Crippen LogP contribution in [0.2, 0.25) is 0 Å². The van der Waals surface area contributed by atoms with Crippen molar-refractivity contribution in [2.75, 3.05) is 0 Å². The van der Waals surface area contributed by atoms with Crippen LogP contribution < -0.4 is 58.7 Å². The minimum absolute atomic E-state index is 0. The summed E-state index contributed by atoms with van der Waals surface area (Å²) in [6, 6.07) is 0. The van der Waals surface area contributed by atoms with Gasteiger partial charge in [-0.15, -0.1) is 0 Å². The molecule has 17 nitrogen and oxygen atoms in total. The summed E-state index contributed by atoms with van der Waals surface area (Å²) in [6.07, 6.45) is 0. The van der Waals surface area contributed by atoms with Crippen molar-refractivity contribution in [3.8, 4) is 0 Å². The molecule has 0 aliphatic heterocycles. The van der Waals surface area contributed by atoms with E-state index in [4.69, 9.17) is 77.0 Å². The molecule has 0 bridgehead atoms. The maximum atomic E-state index is 8.55. The van der Waals surface area contributed by atoms with E-state index in [2.05, 4.69) is 0 Å². The third-order valence-corrected chi connectivity index (χ3v) is 0. The molecule has 142 valence electrons. The van der Waals surface area contributed by atoms with Gasteiger partial charge < -0.3 is 82.5 Å². The van der Waals surface area contributed by atoms with Gasteiger partial charge in [0.2, 0.25) is 0 Å². The maximum Gasteiger partial charge on any atom is 4.00 e. The van der Waals surface area contributed by atoms with Crippen LogP contribution in [0, 0.1) is 0 Å². The number of hydrogen-bond acceptors (Lipinski definition) is 16. The second-order valence-corrected chi connectivity index (χ2v) is 5.37. The smallest absolute Gasteiger partial charge is 0.822 e. The number of rotatable bonds is 0. The maximum absolute atomic E-state index is 8.55. The molecular weight excluding hydrogens is 684 g/mol. The first-order valence-corrected chi connectivity index (χ1v) is 8.76. The first-order chi connectivity index (χ1) is 8.00. The molecule has 24 heteroatoms. The molecule has 24 heavy (non-hydrogen) atoms. The molecule has 0 aromatic heterocycles. The van der Waals surface area contributed by atoms with Crippen molar-refractivity contribution < 1.29 is 146 Å². The van der Waals surface area contributed by atoms with Gasteiger partial charge in [-0.1, -0.05) is 0 Å². The Bertz CT molecular complexity index is 292. The van der Waals surface area contributed by atoms with E-state index in [-0.39, 0.29) is 68.7 Å². The summed E-state index contributed by atoms with van der Waals surface area (Å²) in [6.45, 7) is 0. The van der Waals surface area contributed by atoms with Gasteiger partial charge in [0.05, 0.1) is 0 Å². The molecule has 0 unspecified atom stereocenters. The average molecular weight is 686 g/mol. The van der Waals surface area contributed by atoms with E-state index in [9.17, 15) is 0 Å². The summed E-state index contributed by atoms with van der Waals surface area (Å²) in [5.41, 5.74) is 0. The summed E-state index contributed by atoms with van der Waals surface area (Å²) in [4.78, 5) is 103. The van der Waals surface area contributed by atoms with E-state index in [1.807, 2.05) is 0 Å². The third kappa shape index (κ3) is 2220. The zero-order chi connectivity index (χ0) is 18.0. The summed E-state index contributed by atoms with van der Waals surface area (Å²) in [5, 5.41) is 0. The summed E-state index contributed by atoms with van der Waals surface area (Å²) in [5.74, 6) is 0. The Morgan fingerprint density at radius 2 is 0.333 bits per heavy atom. The van der Waals surface area contributed by atoms with Crippen LogP contribution in [0.15, 0.2) is 0 Å². The summed E-state index contributed by atoms with van der Waals surface area (Å²) in [7, 11) is -21.6. The van der Waals surface area contributed by atoms with Crippen LogP contribution >= 0.6 is 31.3 Å². The van der Waals surface area contributed by atoms with Gasteiger partial charge >= 0.3 is 63.2 Å². The van der Waals surface area contributed by atoms with Gasteiger partial charge in [0.1, 0.15) is 0 Å². The van der Waals surface area contributed by atoms with Crippen LogP contribution in [-0.2, 0) is 81.5 Å². The molecule has 0 aromatic rings. The third-order valence-electron chi connectivity index (χ3n) is 0. The van der Waals surface area contributed by atoms with E-state index in [0.29, 0.717) is 0 Å². The van der Waals surface area contributed by atoms with E-state index < -0.39 is 31.3 Å². The second-order valence-electron chi connectivity index (χ2n) is 1.79. The Hall–Kier alpha value is 2.46. The SMILES string of the molecule is O.O=P([O-])([O-])[O-].O=P([O-])([O-])[O-].O=P([O-])([O-])[O-].O=P([O-])([O-])[O-].[Mo+4].[Mo+4].[Mo+4]. The molecular formula is H2Mo3O17P4. The van der Waals surface area contributed by atoms with Crippen LogP contribution in [0.5, 0.6) is 0 Å². The van der Waals surface area contributed by atoms with Gasteiger partial charge in [0.25, 0.3) is 0 Å². The minimum atomic E-state index is -5.39. The van der Waals surface area contributed by atoms with E-state index >= 15 is 0 Å². The van der Waals surface area contributed by atoms with Gasteiger partial charge in [0, 0.05) is 0 Å². The Kier molecular flexibility index (Phi) is 45.6.